The molecule has 0 nitrogen and oxygen atoms in total. The van der Waals surface area contributed by atoms with Gasteiger partial charge in [-0.25, -0.2) is 0 Å². The number of hydrogen-bond donors (Lipinski definition) is 0. The quantitative estimate of drug-likeness (QED) is 0.348. The fraction of sp³-hybridized carbons (Fsp3) is 0.360. The van der Waals surface area contributed by atoms with Gasteiger partial charge in [-0.05, 0) is 91.2 Å². The molecule has 0 radical (unpaired) electrons. The van der Waals surface area contributed by atoms with Crippen LogP contribution >= 0.6 is 0 Å². The van der Waals surface area contributed by atoms with Crippen molar-refractivity contribution in [1.82, 2.24) is 0 Å². The highest BCUT2D eigenvalue weighted by Gasteiger charge is 2.16. The molecule has 0 amide bonds. The van der Waals surface area contributed by atoms with Crippen LogP contribution in [0.15, 0.2) is 61.7 Å². The van der Waals surface area contributed by atoms with Crippen molar-refractivity contribution in [2.45, 2.75) is 57.8 Å². The van der Waals surface area contributed by atoms with Gasteiger partial charge in [0.2, 0.25) is 0 Å². The molecule has 130 valence electrons. The van der Waals surface area contributed by atoms with Gasteiger partial charge in [0.15, 0.2) is 0 Å². The lowest BCUT2D eigenvalue weighted by molar-refractivity contribution is 0.747. The van der Waals surface area contributed by atoms with Gasteiger partial charge in [-0.15, -0.1) is 13.2 Å². The van der Waals surface area contributed by atoms with Crippen molar-refractivity contribution < 1.29 is 0 Å². The van der Waals surface area contributed by atoms with Gasteiger partial charge in [-0.1, -0.05) is 48.6 Å². The molecule has 0 heteroatoms. The highest BCUT2D eigenvalue weighted by atomic mass is 14.2. The Labute approximate surface area is 153 Å². The number of rotatable bonds is 9. The van der Waals surface area contributed by atoms with Crippen LogP contribution in [0.25, 0.3) is 11.1 Å². The molecule has 0 saturated heterocycles. The van der Waals surface area contributed by atoms with Crippen LogP contribution in [0, 0.1) is 0 Å². The standard InChI is InChI=1S/C25H30/c1-3-5-7-9-11-21-13-17-25-23(19-21)15-14-22-18-20(10-8-6-4-2)12-16-24(22)25/h3-4,12-13,16-19H,1-2,5-11,14-15H2. The zero-order chi connectivity index (χ0) is 17.5. The van der Waals surface area contributed by atoms with E-state index in [9.17, 15) is 0 Å². The molecular weight excluding hydrogens is 300 g/mol. The van der Waals surface area contributed by atoms with Crippen molar-refractivity contribution in [2.24, 2.45) is 0 Å². The molecule has 0 N–H and O–H groups in total. The Bertz CT molecular complexity index is 736. The second-order valence-corrected chi connectivity index (χ2v) is 7.20. The number of aryl methyl sites for hydroxylation is 4. The Morgan fingerprint density at radius 1 is 0.680 bits per heavy atom. The van der Waals surface area contributed by atoms with Gasteiger partial charge < -0.3 is 0 Å². The Morgan fingerprint density at radius 3 is 1.76 bits per heavy atom. The molecule has 0 heterocycles. The third kappa shape index (κ3) is 4.51. The normalized spacial score (nSPS) is 12.3. The molecule has 0 spiro atoms. The minimum atomic E-state index is 1.11. The number of fused-ring (bicyclic) bond motifs is 3. The first-order valence-corrected chi connectivity index (χ1v) is 9.77. The van der Waals surface area contributed by atoms with Gasteiger partial charge in [-0.3, -0.25) is 0 Å². The molecule has 1 aliphatic carbocycles. The fourth-order valence-electron chi connectivity index (χ4n) is 3.88. The van der Waals surface area contributed by atoms with Gasteiger partial charge in [0.25, 0.3) is 0 Å². The minimum Gasteiger partial charge on any atom is -0.103 e. The van der Waals surface area contributed by atoms with Crippen LogP contribution in [0.1, 0.15) is 54.4 Å². The monoisotopic (exact) mass is 330 g/mol. The van der Waals surface area contributed by atoms with Crippen LogP contribution in [-0.4, -0.2) is 0 Å². The van der Waals surface area contributed by atoms with E-state index in [2.05, 4.69) is 49.6 Å². The van der Waals surface area contributed by atoms with Crippen molar-refractivity contribution in [1.29, 1.82) is 0 Å². The smallest absolute Gasteiger partial charge is 0.0149 e. The summed E-state index contributed by atoms with van der Waals surface area (Å²) in [5.74, 6) is 0. The summed E-state index contributed by atoms with van der Waals surface area (Å²) >= 11 is 0. The first-order chi connectivity index (χ1) is 12.3. The Balaban J connectivity index is 1.72. The Hall–Kier alpha value is -2.08. The molecule has 0 saturated carbocycles. The predicted molar refractivity (Wildman–Crippen MR) is 110 cm³/mol. The predicted octanol–water partition coefficient (Wildman–Crippen LogP) is 6.86. The van der Waals surface area contributed by atoms with E-state index < -0.39 is 0 Å². The van der Waals surface area contributed by atoms with Crippen molar-refractivity contribution in [3.8, 4) is 11.1 Å². The molecule has 0 fully saturated rings. The highest BCUT2D eigenvalue weighted by Crippen LogP contribution is 2.35. The lowest BCUT2D eigenvalue weighted by atomic mass is 9.83. The van der Waals surface area contributed by atoms with E-state index in [1.807, 2.05) is 12.2 Å². The van der Waals surface area contributed by atoms with Crippen molar-refractivity contribution in [3.63, 3.8) is 0 Å². The summed E-state index contributed by atoms with van der Waals surface area (Å²) in [6, 6.07) is 14.2. The van der Waals surface area contributed by atoms with E-state index in [1.54, 1.807) is 0 Å². The molecule has 0 aromatic heterocycles. The second-order valence-electron chi connectivity index (χ2n) is 7.20. The highest BCUT2D eigenvalue weighted by molar-refractivity contribution is 5.73. The SMILES string of the molecule is C=CCCCCc1ccc2c(c1)CCc1cc(CCCC=C)ccc1-2. The van der Waals surface area contributed by atoms with Crippen LogP contribution < -0.4 is 0 Å². The summed E-state index contributed by atoms with van der Waals surface area (Å²) in [6.45, 7) is 7.62. The van der Waals surface area contributed by atoms with Crippen molar-refractivity contribution >= 4 is 0 Å². The van der Waals surface area contributed by atoms with E-state index in [0.717, 1.165) is 19.3 Å². The van der Waals surface area contributed by atoms with Gasteiger partial charge >= 0.3 is 0 Å². The molecular formula is C25H30. The third-order valence-electron chi connectivity index (χ3n) is 5.29. The van der Waals surface area contributed by atoms with Crippen molar-refractivity contribution in [3.05, 3.63) is 84.0 Å². The molecule has 25 heavy (non-hydrogen) atoms. The van der Waals surface area contributed by atoms with E-state index in [4.69, 9.17) is 0 Å². The summed E-state index contributed by atoms with van der Waals surface area (Å²) in [5, 5.41) is 0. The Morgan fingerprint density at radius 2 is 1.20 bits per heavy atom. The summed E-state index contributed by atoms with van der Waals surface area (Å²) in [7, 11) is 0. The van der Waals surface area contributed by atoms with Crippen LogP contribution in [0.2, 0.25) is 0 Å². The average Bonchev–Trinajstić information content (AvgIpc) is 2.65. The molecule has 0 aliphatic heterocycles. The van der Waals surface area contributed by atoms with Gasteiger partial charge in [0, 0.05) is 0 Å². The van der Waals surface area contributed by atoms with Gasteiger partial charge in [-0.2, -0.15) is 0 Å². The van der Waals surface area contributed by atoms with E-state index in [-0.39, 0.29) is 0 Å². The lowest BCUT2D eigenvalue weighted by Gasteiger charge is -2.21. The maximum atomic E-state index is 3.82. The molecule has 2 aromatic carbocycles. The molecule has 0 atom stereocenters. The number of unbranched alkanes of at least 4 members (excludes halogenated alkanes) is 3. The van der Waals surface area contributed by atoms with Crippen LogP contribution in [0.3, 0.4) is 0 Å². The zero-order valence-electron chi connectivity index (χ0n) is 15.4. The molecule has 0 unspecified atom stereocenters. The lowest BCUT2D eigenvalue weighted by Crippen LogP contribution is -2.05. The minimum absolute atomic E-state index is 1.11. The molecule has 1 aliphatic rings. The Kier molecular flexibility index (Phi) is 6.28. The van der Waals surface area contributed by atoms with Crippen LogP contribution in [-0.2, 0) is 25.7 Å². The third-order valence-corrected chi connectivity index (χ3v) is 5.29. The summed E-state index contributed by atoms with van der Waals surface area (Å²) in [6.07, 6.45) is 14.7. The number of benzene rings is 2. The average molecular weight is 331 g/mol. The van der Waals surface area contributed by atoms with Gasteiger partial charge in [0.05, 0.1) is 0 Å². The maximum absolute atomic E-state index is 3.82. The van der Waals surface area contributed by atoms with Gasteiger partial charge in [0.1, 0.15) is 0 Å². The second kappa shape index (κ2) is 8.85. The zero-order valence-corrected chi connectivity index (χ0v) is 15.4. The summed E-state index contributed by atoms with van der Waals surface area (Å²) < 4.78 is 0. The van der Waals surface area contributed by atoms with Crippen molar-refractivity contribution in [2.75, 3.05) is 0 Å². The fourth-order valence-corrected chi connectivity index (χ4v) is 3.88. The van der Waals surface area contributed by atoms with E-state index in [0.29, 0.717) is 0 Å². The van der Waals surface area contributed by atoms with E-state index >= 15 is 0 Å². The van der Waals surface area contributed by atoms with E-state index in [1.165, 1.54) is 71.9 Å². The number of allylic oxidation sites excluding steroid dienone is 2. The first-order valence-electron chi connectivity index (χ1n) is 9.77. The number of hydrogen-bond acceptors (Lipinski definition) is 0. The molecule has 2 aromatic rings. The topological polar surface area (TPSA) is 0 Å². The van der Waals surface area contributed by atoms with Crippen LogP contribution in [0.5, 0.6) is 0 Å². The molecule has 0 bridgehead atoms. The summed E-state index contributed by atoms with van der Waals surface area (Å²) in [4.78, 5) is 0. The largest absolute Gasteiger partial charge is 0.103 e. The van der Waals surface area contributed by atoms with Crippen LogP contribution in [0.4, 0.5) is 0 Å². The first kappa shape index (κ1) is 17.7. The molecule has 3 rings (SSSR count). The summed E-state index contributed by atoms with van der Waals surface area (Å²) in [5.41, 5.74) is 8.94. The maximum Gasteiger partial charge on any atom is -0.0149 e.